The molecule has 1 unspecified atom stereocenters. The molecule has 2 heterocycles. The summed E-state index contributed by atoms with van der Waals surface area (Å²) in [5.41, 5.74) is 5.88. The molecule has 2 aromatic rings. The van der Waals surface area contributed by atoms with Crippen molar-refractivity contribution in [2.24, 2.45) is 22.0 Å². The Morgan fingerprint density at radius 3 is 2.68 bits per heavy atom. The van der Waals surface area contributed by atoms with Gasteiger partial charge in [-0.1, -0.05) is 10.3 Å². The van der Waals surface area contributed by atoms with Gasteiger partial charge in [-0.2, -0.15) is 0 Å². The van der Waals surface area contributed by atoms with E-state index in [9.17, 15) is 14.7 Å². The monoisotopic (exact) mass is 475 g/mol. The van der Waals surface area contributed by atoms with E-state index in [1.165, 1.54) is 20.4 Å². The van der Waals surface area contributed by atoms with Crippen molar-refractivity contribution >= 4 is 34.1 Å². The van der Waals surface area contributed by atoms with Crippen LogP contribution in [0.4, 0.5) is 10.1 Å². The third kappa shape index (κ3) is 3.99. The highest BCUT2D eigenvalue weighted by molar-refractivity contribution is 6.10. The van der Waals surface area contributed by atoms with Gasteiger partial charge in [0, 0.05) is 18.8 Å². The second-order valence-electron chi connectivity index (χ2n) is 8.08. The second kappa shape index (κ2) is 9.20. The lowest BCUT2D eigenvalue weighted by Gasteiger charge is -2.24. The Hall–Kier alpha value is -3.83. The number of nitrogens with two attached hydrogens (primary N) is 1. The molecule has 1 aliphatic heterocycles. The van der Waals surface area contributed by atoms with Gasteiger partial charge in [-0.15, -0.1) is 0 Å². The van der Waals surface area contributed by atoms with Crippen molar-refractivity contribution < 1.29 is 28.7 Å². The molecule has 1 aromatic carbocycles. The van der Waals surface area contributed by atoms with E-state index in [2.05, 4.69) is 10.3 Å². The van der Waals surface area contributed by atoms with Crippen LogP contribution in [0.3, 0.4) is 0 Å². The number of methoxy groups -OCH3 is 1. The van der Waals surface area contributed by atoms with Gasteiger partial charge in [0.25, 0.3) is 0 Å². The molecule has 1 aliphatic carbocycles. The van der Waals surface area contributed by atoms with Gasteiger partial charge in [-0.25, -0.2) is 9.18 Å². The number of carbonyl (C=O) groups is 1. The number of nitrogens with zero attached hydrogens (tertiary/aromatic N) is 4. The van der Waals surface area contributed by atoms with Gasteiger partial charge in [-0.05, 0) is 25.8 Å². The maximum absolute atomic E-state index is 15.6. The van der Waals surface area contributed by atoms with Gasteiger partial charge in [0.2, 0.25) is 5.43 Å². The topological polar surface area (TPSA) is 141 Å². The van der Waals surface area contributed by atoms with E-state index in [4.69, 9.17) is 20.1 Å². The summed E-state index contributed by atoms with van der Waals surface area (Å²) in [6.07, 6.45) is 2.94. The van der Waals surface area contributed by atoms with E-state index in [0.717, 1.165) is 18.9 Å². The first-order valence-corrected chi connectivity index (χ1v) is 10.8. The molecule has 0 radical (unpaired) electrons. The third-order valence-corrected chi connectivity index (χ3v) is 5.91. The number of hydrogen-bond donors (Lipinski definition) is 2. The van der Waals surface area contributed by atoms with Gasteiger partial charge in [0.1, 0.15) is 30.8 Å². The molecule has 11 nitrogen and oxygen atoms in total. The third-order valence-electron chi connectivity index (χ3n) is 5.91. The number of aromatic nitrogens is 1. The summed E-state index contributed by atoms with van der Waals surface area (Å²) in [6.45, 7) is 2.51. The molecule has 3 N–H and O–H groups in total. The molecule has 182 valence electrons. The van der Waals surface area contributed by atoms with Gasteiger partial charge < -0.3 is 34.7 Å². The van der Waals surface area contributed by atoms with Crippen molar-refractivity contribution in [2.75, 3.05) is 38.8 Å². The quantitative estimate of drug-likeness (QED) is 0.335. The lowest BCUT2D eigenvalue weighted by Crippen LogP contribution is -2.31. The van der Waals surface area contributed by atoms with Gasteiger partial charge in [0.15, 0.2) is 11.6 Å². The number of ether oxygens (including phenoxy) is 1. The molecular formula is C22H26FN5O6. The van der Waals surface area contributed by atoms with Crippen molar-refractivity contribution in [2.45, 2.75) is 25.8 Å². The number of benzene rings is 1. The Kier molecular flexibility index (Phi) is 6.31. The highest BCUT2D eigenvalue weighted by Gasteiger charge is 2.37. The molecule has 0 bridgehead atoms. The highest BCUT2D eigenvalue weighted by atomic mass is 19.1. The number of aromatic carboxylic acids is 1. The van der Waals surface area contributed by atoms with Crippen LogP contribution in [0.15, 0.2) is 27.4 Å². The molecule has 0 spiro atoms. The van der Waals surface area contributed by atoms with E-state index >= 15 is 4.39 Å². The Balaban J connectivity index is 1.91. The number of carboxylic acids is 1. The van der Waals surface area contributed by atoms with Crippen LogP contribution in [0.1, 0.15) is 36.2 Å². The average molecular weight is 475 g/mol. The lowest BCUT2D eigenvalue weighted by molar-refractivity contribution is 0.0694. The summed E-state index contributed by atoms with van der Waals surface area (Å²) >= 11 is 0. The number of hydrogen-bond acceptors (Lipinski definition) is 8. The first-order chi connectivity index (χ1) is 16.3. The maximum atomic E-state index is 15.6. The zero-order chi connectivity index (χ0) is 24.6. The highest BCUT2D eigenvalue weighted by Crippen LogP contribution is 2.44. The van der Waals surface area contributed by atoms with Crippen molar-refractivity contribution in [1.29, 1.82) is 0 Å². The number of halogens is 1. The van der Waals surface area contributed by atoms with Gasteiger partial charge >= 0.3 is 5.97 Å². The van der Waals surface area contributed by atoms with E-state index in [1.807, 2.05) is 0 Å². The Morgan fingerprint density at radius 1 is 1.35 bits per heavy atom. The summed E-state index contributed by atoms with van der Waals surface area (Å²) in [6, 6.07) is 1.07. The Morgan fingerprint density at radius 2 is 2.09 bits per heavy atom. The van der Waals surface area contributed by atoms with Crippen LogP contribution in [0.2, 0.25) is 0 Å². The Labute approximate surface area is 194 Å². The van der Waals surface area contributed by atoms with Crippen LogP contribution in [0, 0.1) is 11.7 Å². The maximum Gasteiger partial charge on any atom is 0.341 e. The SMILES string of the molecule is CCO/N=C1/CN(c2c(F)cc3c(=O)c(C(=O)O)cn(C4CC4)c3c2OC)CC1/C(N)=N\OC. The second-order valence-corrected chi connectivity index (χ2v) is 8.08. The van der Waals surface area contributed by atoms with Crippen molar-refractivity contribution in [1.82, 2.24) is 4.57 Å². The lowest BCUT2D eigenvalue weighted by atomic mass is 10.1. The van der Waals surface area contributed by atoms with E-state index in [-0.39, 0.29) is 41.8 Å². The summed E-state index contributed by atoms with van der Waals surface area (Å²) in [5.74, 6) is -2.30. The number of rotatable bonds is 8. The molecular weight excluding hydrogens is 449 g/mol. The molecule has 4 rings (SSSR count). The fraction of sp³-hybridized carbons (Fsp3) is 0.455. The molecule has 34 heavy (non-hydrogen) atoms. The minimum atomic E-state index is -1.36. The fourth-order valence-electron chi connectivity index (χ4n) is 4.26. The Bertz CT molecular complexity index is 1250. The molecule has 2 fully saturated rings. The zero-order valence-corrected chi connectivity index (χ0v) is 19.1. The standard InChI is InChI=1S/C22H26FN5O6/c1-4-34-25-16-10-27(8-13(16)21(24)26-33-3)18-15(23)7-12-17(20(18)32-2)28(11-5-6-11)9-14(19(12)29)22(30)31/h7,9,11,13H,4-6,8,10H2,1-3H3,(H2,24,26)(H,30,31)/b25-16-. The van der Waals surface area contributed by atoms with E-state index in [1.54, 1.807) is 16.4 Å². The van der Waals surface area contributed by atoms with Crippen LogP contribution in [-0.2, 0) is 9.68 Å². The molecule has 1 saturated carbocycles. The number of amidine groups is 1. The van der Waals surface area contributed by atoms with Crippen LogP contribution < -0.4 is 20.8 Å². The number of pyridine rings is 1. The van der Waals surface area contributed by atoms with Crippen molar-refractivity contribution in [3.05, 3.63) is 33.9 Å². The molecule has 1 atom stereocenters. The molecule has 12 heteroatoms. The molecule has 2 aliphatic rings. The van der Waals surface area contributed by atoms with Crippen LogP contribution in [0.5, 0.6) is 5.75 Å². The first kappa shape index (κ1) is 23.3. The van der Waals surface area contributed by atoms with Crippen molar-refractivity contribution in [3.63, 3.8) is 0 Å². The van der Waals surface area contributed by atoms with E-state index in [0.29, 0.717) is 17.8 Å². The minimum absolute atomic E-state index is 0.000652. The summed E-state index contributed by atoms with van der Waals surface area (Å²) in [7, 11) is 2.75. The van der Waals surface area contributed by atoms with Gasteiger partial charge in [-0.3, -0.25) is 4.79 Å². The summed E-state index contributed by atoms with van der Waals surface area (Å²) in [5, 5.41) is 17.4. The first-order valence-electron chi connectivity index (χ1n) is 10.8. The summed E-state index contributed by atoms with van der Waals surface area (Å²) in [4.78, 5) is 36.2. The molecule has 1 aromatic heterocycles. The minimum Gasteiger partial charge on any atom is -0.492 e. The van der Waals surface area contributed by atoms with E-state index < -0.39 is 28.7 Å². The van der Waals surface area contributed by atoms with Gasteiger partial charge in [0.05, 0.1) is 36.2 Å². The molecule has 1 saturated heterocycles. The van der Waals surface area contributed by atoms with Crippen LogP contribution in [0.25, 0.3) is 10.9 Å². The largest absolute Gasteiger partial charge is 0.492 e. The summed E-state index contributed by atoms with van der Waals surface area (Å²) < 4.78 is 22.9. The smallest absolute Gasteiger partial charge is 0.341 e. The average Bonchev–Trinajstić information content (AvgIpc) is 3.56. The number of carboxylic acid groups (broad SMARTS) is 1. The molecule has 0 amide bonds. The van der Waals surface area contributed by atoms with Crippen molar-refractivity contribution in [3.8, 4) is 5.75 Å². The number of fused-ring (bicyclic) bond motifs is 1. The predicted molar refractivity (Wildman–Crippen MR) is 123 cm³/mol. The predicted octanol–water partition coefficient (Wildman–Crippen LogP) is 1.93. The van der Waals surface area contributed by atoms with Crippen LogP contribution in [-0.4, -0.2) is 61.1 Å². The zero-order valence-electron chi connectivity index (χ0n) is 19.1. The fourth-order valence-corrected chi connectivity index (χ4v) is 4.26. The number of oxime groups is 2. The van der Waals surface area contributed by atoms with Crippen LogP contribution >= 0.6 is 0 Å². The number of anilines is 1. The normalized spacial score (nSPS) is 19.6.